The molecule has 3 heterocycles. The fourth-order valence-electron chi connectivity index (χ4n) is 6.83. The van der Waals surface area contributed by atoms with Crippen LogP contribution in [0, 0.1) is 13.8 Å². The fourth-order valence-corrected chi connectivity index (χ4v) is 7.15. The first kappa shape index (κ1) is 40.2. The molecule has 0 fully saturated rings. The first-order valence-corrected chi connectivity index (χ1v) is 19.4. The zero-order chi connectivity index (χ0) is 41.1. The first-order chi connectivity index (χ1) is 27.8. The molecule has 3 unspecified atom stereocenters. The lowest BCUT2D eigenvalue weighted by molar-refractivity contribution is -0.142. The number of amides is 3. The summed E-state index contributed by atoms with van der Waals surface area (Å²) < 4.78 is 24.5. The Morgan fingerprint density at radius 3 is 2.33 bits per heavy atom. The molecule has 14 heteroatoms. The van der Waals surface area contributed by atoms with Crippen molar-refractivity contribution in [2.45, 2.75) is 58.0 Å². The van der Waals surface area contributed by atoms with Crippen LogP contribution < -0.4 is 24.3 Å². The largest absolute Gasteiger partial charge is 0.489 e. The molecule has 2 aliphatic rings. The minimum absolute atomic E-state index is 0.0218. The van der Waals surface area contributed by atoms with Gasteiger partial charge in [0.15, 0.2) is 17.6 Å². The number of urea groups is 1. The van der Waals surface area contributed by atoms with Crippen molar-refractivity contribution in [2.24, 2.45) is 0 Å². The Balaban J connectivity index is 1.02. The fraction of sp³-hybridized carbons (Fsp3) is 0.273. The Labute approximate surface area is 346 Å². The summed E-state index contributed by atoms with van der Waals surface area (Å²) in [6, 6.07) is 22.8. The highest BCUT2D eigenvalue weighted by atomic mass is 35.5. The van der Waals surface area contributed by atoms with Crippen LogP contribution in [0.4, 0.5) is 4.79 Å². The van der Waals surface area contributed by atoms with Crippen LogP contribution in [0.25, 0.3) is 0 Å². The molecule has 2 N–H and O–H groups in total. The molecule has 4 aromatic carbocycles. The van der Waals surface area contributed by atoms with Gasteiger partial charge in [-0.15, -0.1) is 0 Å². The molecule has 1 aromatic heterocycles. The number of benzene rings is 4. The normalized spacial score (nSPS) is 16.1. The van der Waals surface area contributed by atoms with E-state index in [0.29, 0.717) is 51.0 Å². The molecule has 0 spiro atoms. The van der Waals surface area contributed by atoms with Crippen molar-refractivity contribution in [1.29, 1.82) is 0 Å². The van der Waals surface area contributed by atoms with Gasteiger partial charge in [-0.25, -0.2) is 9.59 Å². The van der Waals surface area contributed by atoms with Crippen molar-refractivity contribution in [1.82, 2.24) is 20.1 Å². The van der Waals surface area contributed by atoms with Gasteiger partial charge in [0.25, 0.3) is 0 Å². The van der Waals surface area contributed by atoms with E-state index in [1.54, 1.807) is 62.8 Å². The third-order valence-corrected chi connectivity index (χ3v) is 11.0. The van der Waals surface area contributed by atoms with Gasteiger partial charge in [0.1, 0.15) is 42.5 Å². The van der Waals surface area contributed by atoms with E-state index in [4.69, 9.17) is 42.1 Å². The topological polar surface area (TPSA) is 140 Å². The molecule has 58 heavy (non-hydrogen) atoms. The number of nitrogens with one attached hydrogen (secondary N) is 1. The molecule has 7 rings (SSSR count). The number of ether oxygens (including phenoxy) is 4. The maximum atomic E-state index is 13.9. The Hall–Kier alpha value is -5.98. The minimum atomic E-state index is -1.25. The van der Waals surface area contributed by atoms with Gasteiger partial charge in [-0.1, -0.05) is 53.5 Å². The summed E-state index contributed by atoms with van der Waals surface area (Å²) in [5.74, 6) is 1.20. The molecular weight excluding hydrogens is 783 g/mol. The lowest BCUT2D eigenvalue weighted by Crippen LogP contribution is -2.57. The average Bonchev–Trinajstić information content (AvgIpc) is 3.21. The molecule has 0 radical (unpaired) electrons. The lowest BCUT2D eigenvalue weighted by Gasteiger charge is -2.38. The molecule has 2 aliphatic heterocycles. The maximum absolute atomic E-state index is 13.9. The molecule has 0 aliphatic carbocycles. The highest BCUT2D eigenvalue weighted by Crippen LogP contribution is 2.41. The van der Waals surface area contributed by atoms with Gasteiger partial charge in [-0.3, -0.25) is 9.78 Å². The molecule has 0 saturated heterocycles. The predicted molar refractivity (Wildman–Crippen MR) is 218 cm³/mol. The number of aromatic nitrogens is 1. The van der Waals surface area contributed by atoms with E-state index in [9.17, 15) is 19.5 Å². The molecular formula is C44H42Cl2N4O8. The Morgan fingerprint density at radius 1 is 0.914 bits per heavy atom. The van der Waals surface area contributed by atoms with E-state index in [2.05, 4.69) is 10.3 Å². The second-order valence-electron chi connectivity index (χ2n) is 14.5. The van der Waals surface area contributed by atoms with Gasteiger partial charge >= 0.3 is 12.0 Å². The molecule has 3 atom stereocenters. The highest BCUT2D eigenvalue weighted by Gasteiger charge is 2.38. The second kappa shape index (κ2) is 17.3. The van der Waals surface area contributed by atoms with Crippen molar-refractivity contribution >= 4 is 41.1 Å². The number of carbonyl (C=O) groups excluding carboxylic acids is 2. The van der Waals surface area contributed by atoms with Gasteiger partial charge in [-0.05, 0) is 96.3 Å². The van der Waals surface area contributed by atoms with Crippen LogP contribution in [0.3, 0.4) is 0 Å². The van der Waals surface area contributed by atoms with Crippen molar-refractivity contribution in [3.05, 3.63) is 140 Å². The summed E-state index contributed by atoms with van der Waals surface area (Å²) >= 11 is 12.2. The van der Waals surface area contributed by atoms with Gasteiger partial charge in [0.05, 0.1) is 10.0 Å². The summed E-state index contributed by atoms with van der Waals surface area (Å²) in [5.41, 5.74) is 5.84. The van der Waals surface area contributed by atoms with E-state index in [0.717, 1.165) is 33.5 Å². The van der Waals surface area contributed by atoms with Crippen LogP contribution in [0.2, 0.25) is 10.0 Å². The van der Waals surface area contributed by atoms with Gasteiger partial charge in [-0.2, -0.15) is 0 Å². The van der Waals surface area contributed by atoms with E-state index in [1.165, 1.54) is 9.80 Å². The van der Waals surface area contributed by atoms with E-state index < -0.39 is 30.1 Å². The number of rotatable bonds is 11. The number of nitrogens with zero attached hydrogens (tertiary/aromatic N) is 3. The van der Waals surface area contributed by atoms with Crippen molar-refractivity contribution in [2.75, 3.05) is 20.7 Å². The van der Waals surface area contributed by atoms with Crippen LogP contribution in [0.15, 0.2) is 91.1 Å². The molecule has 0 saturated carbocycles. The predicted octanol–water partition coefficient (Wildman–Crippen LogP) is 8.11. The third-order valence-electron chi connectivity index (χ3n) is 10.2. The zero-order valence-electron chi connectivity index (χ0n) is 32.3. The quantitative estimate of drug-likeness (QED) is 0.135. The van der Waals surface area contributed by atoms with E-state index in [1.807, 2.05) is 56.3 Å². The SMILES string of the molecule is Cc1nccc(Oc2ccc(CC(NC(=O)C3Cc4cc5c(cc4CN3C(=O)N(C)C)OC(c3ccc(OCc4ccc(Cl)c(Cl)c4)cc3)CO5)C(=O)O)cc2)c1C. The van der Waals surface area contributed by atoms with Crippen molar-refractivity contribution in [3.63, 3.8) is 0 Å². The number of fused-ring (bicyclic) bond motifs is 2. The number of aryl methyl sites for hydroxylation is 1. The lowest BCUT2D eigenvalue weighted by atomic mass is 9.92. The van der Waals surface area contributed by atoms with Crippen molar-refractivity contribution < 1.29 is 38.4 Å². The summed E-state index contributed by atoms with van der Waals surface area (Å²) in [7, 11) is 3.21. The minimum Gasteiger partial charge on any atom is -0.489 e. The van der Waals surface area contributed by atoms with E-state index in [-0.39, 0.29) is 32.0 Å². The summed E-state index contributed by atoms with van der Waals surface area (Å²) in [6.07, 6.45) is 1.45. The standard InChI is InChI=1S/C44H42Cl2N4O8/c1-25-26(2)47-16-15-38(25)57-33-10-5-27(6-11-33)18-36(43(52)53)48-42(51)37-19-30-20-39-40(21-31(30)22-50(37)44(54)49(3)4)58-41(24-56-39)29-8-12-32(13-9-29)55-23-28-7-14-34(45)35(46)17-28/h5-17,20-21,36-37,41H,18-19,22-24H2,1-4H3,(H,48,51)(H,52,53). The first-order valence-electron chi connectivity index (χ1n) is 18.6. The number of hydrogen-bond acceptors (Lipinski definition) is 8. The summed E-state index contributed by atoms with van der Waals surface area (Å²) in [6.45, 7) is 4.51. The maximum Gasteiger partial charge on any atom is 0.326 e. The summed E-state index contributed by atoms with van der Waals surface area (Å²) in [4.78, 5) is 47.0. The second-order valence-corrected chi connectivity index (χ2v) is 15.3. The van der Waals surface area contributed by atoms with Gasteiger partial charge in [0.2, 0.25) is 5.91 Å². The summed E-state index contributed by atoms with van der Waals surface area (Å²) in [5, 5.41) is 13.8. The van der Waals surface area contributed by atoms with Crippen LogP contribution in [0.5, 0.6) is 28.7 Å². The number of carboxylic acids is 1. The van der Waals surface area contributed by atoms with Gasteiger partial charge < -0.3 is 39.2 Å². The molecule has 3 amide bonds. The zero-order valence-corrected chi connectivity index (χ0v) is 33.8. The van der Waals surface area contributed by atoms with E-state index >= 15 is 0 Å². The number of carbonyl (C=O) groups is 3. The number of hydrogen-bond donors (Lipinski definition) is 2. The number of pyridine rings is 1. The number of halogens is 2. The third kappa shape index (κ3) is 9.09. The Morgan fingerprint density at radius 2 is 1.62 bits per heavy atom. The van der Waals surface area contributed by atoms with Crippen molar-refractivity contribution in [3.8, 4) is 28.7 Å². The molecule has 12 nitrogen and oxygen atoms in total. The van der Waals surface area contributed by atoms with Crippen LogP contribution in [-0.4, -0.2) is 70.6 Å². The average molecular weight is 826 g/mol. The Kier molecular flexibility index (Phi) is 12.0. The number of aliphatic carboxylic acids is 1. The van der Waals surface area contributed by atoms with Crippen LogP contribution >= 0.6 is 23.2 Å². The van der Waals surface area contributed by atoms with Gasteiger partial charge in [0, 0.05) is 50.9 Å². The smallest absolute Gasteiger partial charge is 0.326 e. The number of carboxylic acid groups (broad SMARTS) is 1. The molecule has 0 bridgehead atoms. The van der Waals surface area contributed by atoms with Crippen LogP contribution in [0.1, 0.15) is 45.2 Å². The highest BCUT2D eigenvalue weighted by molar-refractivity contribution is 6.42. The molecule has 300 valence electrons. The Bertz CT molecular complexity index is 2340. The molecule has 5 aromatic rings. The van der Waals surface area contributed by atoms with Crippen LogP contribution in [-0.2, 0) is 35.6 Å². The monoisotopic (exact) mass is 824 g/mol.